The molecule has 2 aliphatic heterocycles. The number of carbonyl (C=O) groups is 1. The van der Waals surface area contributed by atoms with Crippen molar-refractivity contribution < 1.29 is 9.53 Å². The number of hydrogen-bond acceptors (Lipinski definition) is 5. The fourth-order valence-corrected chi connectivity index (χ4v) is 5.87. The zero-order valence-corrected chi connectivity index (χ0v) is 21.1. The van der Waals surface area contributed by atoms with E-state index in [1.807, 2.05) is 6.07 Å². The van der Waals surface area contributed by atoms with Crippen LogP contribution in [-0.2, 0) is 6.42 Å². The number of piperazine rings is 1. The number of carbonyl (C=O) groups excluding carboxylic acids is 1. The van der Waals surface area contributed by atoms with Gasteiger partial charge in [-0.25, -0.2) is 0 Å². The van der Waals surface area contributed by atoms with E-state index in [0.29, 0.717) is 12.0 Å². The molecule has 1 unspecified atom stereocenters. The van der Waals surface area contributed by atoms with Crippen molar-refractivity contribution in [2.75, 3.05) is 58.3 Å². The molecule has 182 valence electrons. The van der Waals surface area contributed by atoms with E-state index < -0.39 is 0 Å². The second-order valence-electron chi connectivity index (χ2n) is 10.6. The summed E-state index contributed by atoms with van der Waals surface area (Å²) in [6.45, 7) is 8.62. The third-order valence-electron chi connectivity index (χ3n) is 8.22. The minimum Gasteiger partial charge on any atom is -0.495 e. The van der Waals surface area contributed by atoms with Crippen LogP contribution in [0.25, 0.3) is 0 Å². The first-order valence-electron chi connectivity index (χ1n) is 13.0. The first kappa shape index (κ1) is 23.4. The number of hydrogen-bond donors (Lipinski definition) is 0. The van der Waals surface area contributed by atoms with Crippen LogP contribution in [0.2, 0.25) is 0 Å². The number of likely N-dealkylation sites (N-methyl/N-ethyl adjacent to an activating group) is 1. The van der Waals surface area contributed by atoms with Crippen LogP contribution in [0.3, 0.4) is 0 Å². The Hall–Kier alpha value is -2.37. The third kappa shape index (κ3) is 4.87. The van der Waals surface area contributed by atoms with Crippen molar-refractivity contribution in [3.8, 4) is 5.75 Å². The highest BCUT2D eigenvalue weighted by molar-refractivity contribution is 6.13. The van der Waals surface area contributed by atoms with Crippen LogP contribution >= 0.6 is 0 Å². The molecule has 2 aliphatic carbocycles. The molecule has 0 aromatic heterocycles. The van der Waals surface area contributed by atoms with E-state index in [4.69, 9.17) is 4.74 Å². The molecule has 34 heavy (non-hydrogen) atoms. The molecule has 1 aromatic carbocycles. The maximum atomic E-state index is 13.3. The van der Waals surface area contributed by atoms with Gasteiger partial charge < -0.3 is 14.5 Å². The van der Waals surface area contributed by atoms with Crippen molar-refractivity contribution in [2.24, 2.45) is 5.92 Å². The topological polar surface area (TPSA) is 36.0 Å². The van der Waals surface area contributed by atoms with Crippen molar-refractivity contribution >= 4 is 11.5 Å². The smallest absolute Gasteiger partial charge is 0.189 e. The van der Waals surface area contributed by atoms with Gasteiger partial charge in [0, 0.05) is 49.8 Å². The molecule has 5 heteroatoms. The third-order valence-corrected chi connectivity index (χ3v) is 8.22. The Balaban J connectivity index is 1.26. The van der Waals surface area contributed by atoms with Gasteiger partial charge >= 0.3 is 0 Å². The number of fused-ring (bicyclic) bond motifs is 1. The lowest BCUT2D eigenvalue weighted by Crippen LogP contribution is -2.50. The van der Waals surface area contributed by atoms with Crippen molar-refractivity contribution in [1.29, 1.82) is 0 Å². The summed E-state index contributed by atoms with van der Waals surface area (Å²) in [4.78, 5) is 20.7. The molecule has 2 saturated heterocycles. The quantitative estimate of drug-likeness (QED) is 0.604. The average molecular weight is 462 g/mol. The number of anilines is 1. The van der Waals surface area contributed by atoms with E-state index >= 15 is 0 Å². The molecule has 0 amide bonds. The molecule has 0 bridgehead atoms. The number of benzene rings is 1. The number of likely N-dealkylation sites (tertiary alicyclic amines) is 1. The number of methoxy groups -OCH3 is 1. The first-order chi connectivity index (χ1) is 16.5. The molecule has 5 rings (SSSR count). The van der Waals surface area contributed by atoms with Gasteiger partial charge in [-0.2, -0.15) is 0 Å². The minimum atomic E-state index is 0.202. The van der Waals surface area contributed by atoms with Gasteiger partial charge in [0.05, 0.1) is 12.8 Å². The van der Waals surface area contributed by atoms with Gasteiger partial charge in [0.2, 0.25) is 0 Å². The van der Waals surface area contributed by atoms with E-state index in [9.17, 15) is 4.79 Å². The van der Waals surface area contributed by atoms with Crippen LogP contribution in [-0.4, -0.2) is 75.1 Å². The zero-order valence-electron chi connectivity index (χ0n) is 21.1. The summed E-state index contributed by atoms with van der Waals surface area (Å²) in [5.41, 5.74) is 5.67. The van der Waals surface area contributed by atoms with Crippen LogP contribution in [0.4, 0.5) is 5.69 Å². The number of ketones is 1. The summed E-state index contributed by atoms with van der Waals surface area (Å²) < 4.78 is 5.75. The van der Waals surface area contributed by atoms with Gasteiger partial charge in [0.15, 0.2) is 5.78 Å². The zero-order chi connectivity index (χ0) is 23.7. The van der Waals surface area contributed by atoms with E-state index in [-0.39, 0.29) is 5.78 Å². The lowest BCUT2D eigenvalue weighted by atomic mass is 9.92. The van der Waals surface area contributed by atoms with Crippen LogP contribution in [0.15, 0.2) is 47.6 Å². The SMILES string of the molecule is COc1cc2c(cc1N1CCN(C)C(C)C1)C/C(=C\C1CCN(CC3=CC=CCC3)CC1)C2=O. The largest absolute Gasteiger partial charge is 0.495 e. The van der Waals surface area contributed by atoms with Gasteiger partial charge in [-0.1, -0.05) is 29.9 Å². The Labute approximate surface area is 204 Å². The second kappa shape index (κ2) is 10.1. The monoisotopic (exact) mass is 461 g/mol. The Morgan fingerprint density at radius 3 is 2.68 bits per heavy atom. The van der Waals surface area contributed by atoms with Gasteiger partial charge in [-0.05, 0) is 76.4 Å². The Morgan fingerprint density at radius 2 is 1.97 bits per heavy atom. The highest BCUT2D eigenvalue weighted by Crippen LogP contribution is 2.38. The highest BCUT2D eigenvalue weighted by Gasteiger charge is 2.31. The molecule has 0 N–H and O–H groups in total. The van der Waals surface area contributed by atoms with Crippen molar-refractivity contribution in [3.05, 3.63) is 58.7 Å². The maximum absolute atomic E-state index is 13.3. The highest BCUT2D eigenvalue weighted by atomic mass is 16.5. The van der Waals surface area contributed by atoms with Crippen LogP contribution in [0.5, 0.6) is 5.75 Å². The standard InChI is InChI=1S/C29H39N3O2/c1-21-19-32(14-13-30(21)2)27-17-24-16-25(29(33)26(24)18-28(27)34-3)15-22-9-11-31(12-10-22)20-23-7-5-4-6-8-23/h4-5,7,15,17-18,21-22H,6,8-14,16,19-20H2,1-3H3/b25-15+. The van der Waals surface area contributed by atoms with Crippen LogP contribution in [0.1, 0.15) is 48.5 Å². The number of allylic oxidation sites excluding steroid dienone is 5. The number of ether oxygens (including phenoxy) is 1. The number of piperidine rings is 1. The van der Waals surface area contributed by atoms with Gasteiger partial charge in [0.1, 0.15) is 5.75 Å². The Bertz CT molecular complexity index is 1020. The molecule has 0 spiro atoms. The maximum Gasteiger partial charge on any atom is 0.189 e. The normalized spacial score (nSPS) is 25.7. The molecule has 4 aliphatic rings. The summed E-state index contributed by atoms with van der Waals surface area (Å²) in [5, 5.41) is 0. The first-order valence-corrected chi connectivity index (χ1v) is 13.0. The van der Waals surface area contributed by atoms with Crippen LogP contribution in [0, 0.1) is 5.92 Å². The predicted octanol–water partition coefficient (Wildman–Crippen LogP) is 4.49. The molecule has 0 radical (unpaired) electrons. The van der Waals surface area contributed by atoms with Crippen molar-refractivity contribution in [2.45, 2.75) is 45.1 Å². The van der Waals surface area contributed by atoms with E-state index in [1.54, 1.807) is 12.7 Å². The Morgan fingerprint density at radius 1 is 1.15 bits per heavy atom. The summed E-state index contributed by atoms with van der Waals surface area (Å²) in [7, 11) is 3.90. The molecule has 2 fully saturated rings. The summed E-state index contributed by atoms with van der Waals surface area (Å²) >= 11 is 0. The average Bonchev–Trinajstić information content (AvgIpc) is 3.16. The molecule has 5 nitrogen and oxygen atoms in total. The van der Waals surface area contributed by atoms with Crippen molar-refractivity contribution in [1.82, 2.24) is 9.80 Å². The van der Waals surface area contributed by atoms with Gasteiger partial charge in [0.25, 0.3) is 0 Å². The lowest BCUT2D eigenvalue weighted by Gasteiger charge is -2.39. The Kier molecular flexibility index (Phi) is 6.94. The number of rotatable bonds is 5. The fourth-order valence-electron chi connectivity index (χ4n) is 5.87. The second-order valence-corrected chi connectivity index (χ2v) is 10.6. The predicted molar refractivity (Wildman–Crippen MR) is 139 cm³/mol. The van der Waals surface area contributed by atoms with E-state index in [2.05, 4.69) is 59.0 Å². The minimum absolute atomic E-state index is 0.202. The fraction of sp³-hybridized carbons (Fsp3) is 0.552. The lowest BCUT2D eigenvalue weighted by molar-refractivity contribution is 0.103. The molecular formula is C29H39N3O2. The van der Waals surface area contributed by atoms with E-state index in [0.717, 1.165) is 86.7 Å². The van der Waals surface area contributed by atoms with E-state index in [1.165, 1.54) is 12.8 Å². The molecule has 1 atom stereocenters. The molecule has 2 heterocycles. The van der Waals surface area contributed by atoms with Gasteiger partial charge in [-0.15, -0.1) is 0 Å². The molecule has 1 aromatic rings. The van der Waals surface area contributed by atoms with Gasteiger partial charge in [-0.3, -0.25) is 9.69 Å². The van der Waals surface area contributed by atoms with Crippen LogP contribution < -0.4 is 9.64 Å². The molecule has 0 saturated carbocycles. The van der Waals surface area contributed by atoms with Crippen molar-refractivity contribution in [3.63, 3.8) is 0 Å². The number of Topliss-reactive ketones (excluding diaryl/α,β-unsaturated/α-hetero) is 1. The summed E-state index contributed by atoms with van der Waals surface area (Å²) in [5.74, 6) is 1.53. The number of nitrogens with zero attached hydrogens (tertiary/aromatic N) is 3. The molecular weight excluding hydrogens is 422 g/mol. The summed E-state index contributed by atoms with van der Waals surface area (Å²) in [6.07, 6.45) is 14.5. The summed E-state index contributed by atoms with van der Waals surface area (Å²) in [6, 6.07) is 4.71.